The molecule has 182 valence electrons. The number of β-amino-alcohol motifs (C(OH)–C–C–N with tert-alkyl or cyclic N) is 1. The summed E-state index contributed by atoms with van der Waals surface area (Å²) in [5.41, 5.74) is 4.18. The van der Waals surface area contributed by atoms with Gasteiger partial charge >= 0.3 is 0 Å². The number of nitrogens with zero attached hydrogens (tertiary/aromatic N) is 3. The molecule has 7 heteroatoms. The van der Waals surface area contributed by atoms with Gasteiger partial charge in [-0.1, -0.05) is 31.2 Å². The molecule has 1 fully saturated rings. The van der Waals surface area contributed by atoms with Crippen LogP contribution in [0.5, 0.6) is 0 Å². The molecule has 2 N–H and O–H groups in total. The van der Waals surface area contributed by atoms with E-state index in [1.54, 1.807) is 12.3 Å². The van der Waals surface area contributed by atoms with Crippen LogP contribution in [0, 0.1) is 5.92 Å². The molecule has 1 atom stereocenters. The first kappa shape index (κ1) is 24.4. The highest BCUT2D eigenvalue weighted by Gasteiger charge is 2.23. The van der Waals surface area contributed by atoms with Crippen LogP contribution in [0.25, 0.3) is 0 Å². The third kappa shape index (κ3) is 6.42. The van der Waals surface area contributed by atoms with Crippen molar-refractivity contribution >= 4 is 11.8 Å². The van der Waals surface area contributed by atoms with Crippen LogP contribution in [-0.4, -0.2) is 70.5 Å². The number of hydrogen-bond acceptors (Lipinski definition) is 5. The van der Waals surface area contributed by atoms with E-state index in [4.69, 9.17) is 0 Å². The van der Waals surface area contributed by atoms with E-state index < -0.39 is 6.10 Å². The molecule has 1 saturated heterocycles. The molecule has 4 rings (SSSR count). The summed E-state index contributed by atoms with van der Waals surface area (Å²) in [7, 11) is 0. The van der Waals surface area contributed by atoms with Crippen LogP contribution in [0.1, 0.15) is 53.4 Å². The van der Waals surface area contributed by atoms with Gasteiger partial charge in [0.2, 0.25) is 5.91 Å². The number of nitrogens with one attached hydrogen (secondary N) is 1. The minimum Gasteiger partial charge on any atom is -0.390 e. The van der Waals surface area contributed by atoms with Gasteiger partial charge in [-0.3, -0.25) is 19.5 Å². The molecule has 0 spiro atoms. The highest BCUT2D eigenvalue weighted by atomic mass is 16.3. The van der Waals surface area contributed by atoms with Gasteiger partial charge in [0.15, 0.2) is 0 Å². The van der Waals surface area contributed by atoms with E-state index in [0.29, 0.717) is 24.4 Å². The normalized spacial score (nSPS) is 17.8. The highest BCUT2D eigenvalue weighted by molar-refractivity contribution is 5.94. The van der Waals surface area contributed by atoms with Crippen molar-refractivity contribution in [2.24, 2.45) is 5.92 Å². The number of pyridine rings is 1. The number of aromatic nitrogens is 1. The summed E-state index contributed by atoms with van der Waals surface area (Å²) >= 11 is 0. The number of piperidine rings is 1. The Bertz CT molecular complexity index is 987. The van der Waals surface area contributed by atoms with Crippen molar-refractivity contribution < 1.29 is 14.7 Å². The van der Waals surface area contributed by atoms with Gasteiger partial charge in [-0.25, -0.2) is 0 Å². The van der Waals surface area contributed by atoms with E-state index in [9.17, 15) is 14.7 Å². The lowest BCUT2D eigenvalue weighted by Gasteiger charge is -2.31. The second-order valence-corrected chi connectivity index (χ2v) is 9.54. The molecule has 2 aliphatic rings. The number of fused-ring (bicyclic) bond motifs is 1. The van der Waals surface area contributed by atoms with E-state index in [0.717, 1.165) is 57.6 Å². The quantitative estimate of drug-likeness (QED) is 0.627. The Kier molecular flexibility index (Phi) is 8.29. The molecule has 0 radical (unpaired) electrons. The smallest absolute Gasteiger partial charge is 0.251 e. The van der Waals surface area contributed by atoms with Crippen LogP contribution in [0.4, 0.5) is 0 Å². The maximum absolute atomic E-state index is 12.7. The highest BCUT2D eigenvalue weighted by Crippen LogP contribution is 2.22. The van der Waals surface area contributed by atoms with Crippen LogP contribution in [0.2, 0.25) is 0 Å². The Morgan fingerprint density at radius 1 is 1.15 bits per heavy atom. The van der Waals surface area contributed by atoms with Crippen LogP contribution in [0.15, 0.2) is 42.6 Å². The van der Waals surface area contributed by atoms with Crippen molar-refractivity contribution in [2.75, 3.05) is 32.7 Å². The first-order valence-corrected chi connectivity index (χ1v) is 12.5. The van der Waals surface area contributed by atoms with Gasteiger partial charge < -0.3 is 15.3 Å². The van der Waals surface area contributed by atoms with Crippen LogP contribution in [-0.2, 0) is 24.2 Å². The molecule has 2 aliphatic heterocycles. The molecule has 0 bridgehead atoms. The topological polar surface area (TPSA) is 85.8 Å². The van der Waals surface area contributed by atoms with Crippen molar-refractivity contribution in [3.05, 3.63) is 65.0 Å². The molecule has 1 aromatic carbocycles. The fourth-order valence-electron chi connectivity index (χ4n) is 5.02. The van der Waals surface area contributed by atoms with Crippen molar-refractivity contribution in [1.29, 1.82) is 0 Å². The fraction of sp³-hybridized carbons (Fsp3) is 0.519. The lowest BCUT2D eigenvalue weighted by atomic mass is 9.91. The minimum absolute atomic E-state index is 0.185. The monoisotopic (exact) mass is 464 g/mol. The first-order chi connectivity index (χ1) is 16.5. The molecular formula is C27H36N4O3. The Hall–Kier alpha value is -2.77. The number of carbonyl (C=O) groups excluding carboxylic acids is 2. The molecule has 1 aromatic heterocycles. The van der Waals surface area contributed by atoms with Gasteiger partial charge in [-0.15, -0.1) is 0 Å². The summed E-state index contributed by atoms with van der Waals surface area (Å²) in [6.07, 6.45) is 5.36. The summed E-state index contributed by atoms with van der Waals surface area (Å²) in [5.74, 6) is 0.515. The average molecular weight is 465 g/mol. The summed E-state index contributed by atoms with van der Waals surface area (Å²) in [6, 6.07) is 12.0. The van der Waals surface area contributed by atoms with Gasteiger partial charge in [0, 0.05) is 63.1 Å². The summed E-state index contributed by atoms with van der Waals surface area (Å²) in [4.78, 5) is 33.2. The van der Waals surface area contributed by atoms with E-state index in [1.165, 1.54) is 11.1 Å². The predicted octanol–water partition coefficient (Wildman–Crippen LogP) is 2.42. The van der Waals surface area contributed by atoms with Crippen molar-refractivity contribution in [2.45, 2.75) is 51.7 Å². The number of aliphatic hydroxyl groups is 1. The molecule has 0 aliphatic carbocycles. The third-order valence-corrected chi connectivity index (χ3v) is 7.02. The zero-order valence-corrected chi connectivity index (χ0v) is 20.1. The second-order valence-electron chi connectivity index (χ2n) is 9.54. The Balaban J connectivity index is 1.22. The van der Waals surface area contributed by atoms with E-state index in [1.807, 2.05) is 17.9 Å². The van der Waals surface area contributed by atoms with Gasteiger partial charge in [-0.2, -0.15) is 0 Å². The number of likely N-dealkylation sites (tertiary alicyclic amines) is 1. The zero-order chi connectivity index (χ0) is 23.9. The van der Waals surface area contributed by atoms with Gasteiger partial charge in [0.25, 0.3) is 5.91 Å². The molecule has 0 unspecified atom stereocenters. The molecule has 34 heavy (non-hydrogen) atoms. The molecular weight excluding hydrogens is 428 g/mol. The predicted molar refractivity (Wildman–Crippen MR) is 131 cm³/mol. The first-order valence-electron chi connectivity index (χ1n) is 12.5. The van der Waals surface area contributed by atoms with E-state index in [2.05, 4.69) is 39.5 Å². The molecule has 0 saturated carbocycles. The number of amides is 2. The number of hydrogen-bond donors (Lipinski definition) is 2. The van der Waals surface area contributed by atoms with E-state index in [-0.39, 0.29) is 18.4 Å². The van der Waals surface area contributed by atoms with Gasteiger partial charge in [0.05, 0.1) is 6.10 Å². The van der Waals surface area contributed by atoms with Gasteiger partial charge in [-0.05, 0) is 54.9 Å². The standard InChI is InChI=1S/C27H36N4O3/c1-2-26(33)31-13-8-20(9-14-31)15-24-16-22(7-11-28-24)27(34)29-17-25(32)19-30-12-10-21-5-3-4-6-23(21)18-30/h3-7,11,16,20,25,32H,2,8-10,12-15,17-19H2,1H3,(H,29,34)/t25-/m0/s1. The minimum atomic E-state index is -0.619. The van der Waals surface area contributed by atoms with Crippen molar-refractivity contribution in [1.82, 2.24) is 20.1 Å². The third-order valence-electron chi connectivity index (χ3n) is 7.02. The van der Waals surface area contributed by atoms with Crippen LogP contribution in [0.3, 0.4) is 0 Å². The van der Waals surface area contributed by atoms with Crippen molar-refractivity contribution in [3.8, 4) is 0 Å². The molecule has 7 nitrogen and oxygen atoms in total. The lowest BCUT2D eigenvalue weighted by molar-refractivity contribution is -0.132. The maximum atomic E-state index is 12.7. The van der Waals surface area contributed by atoms with Crippen LogP contribution >= 0.6 is 0 Å². The Labute approximate surface area is 202 Å². The second kappa shape index (κ2) is 11.6. The number of aliphatic hydroxyl groups excluding tert-OH is 1. The number of rotatable bonds is 8. The largest absolute Gasteiger partial charge is 0.390 e. The van der Waals surface area contributed by atoms with E-state index >= 15 is 0 Å². The van der Waals surface area contributed by atoms with Gasteiger partial charge in [0.1, 0.15) is 0 Å². The average Bonchev–Trinajstić information content (AvgIpc) is 2.87. The number of benzene rings is 1. The Morgan fingerprint density at radius 2 is 1.91 bits per heavy atom. The molecule has 2 amide bonds. The SMILES string of the molecule is CCC(=O)N1CCC(Cc2cc(C(=O)NC[C@H](O)CN3CCc4ccccc4C3)ccn2)CC1. The van der Waals surface area contributed by atoms with Crippen LogP contribution < -0.4 is 5.32 Å². The number of carbonyl (C=O) groups is 2. The summed E-state index contributed by atoms with van der Waals surface area (Å²) in [6.45, 7) is 6.02. The fourth-order valence-corrected chi connectivity index (χ4v) is 5.02. The zero-order valence-electron chi connectivity index (χ0n) is 20.1. The molecule has 2 aromatic rings. The Morgan fingerprint density at radius 3 is 2.68 bits per heavy atom. The maximum Gasteiger partial charge on any atom is 0.251 e. The summed E-state index contributed by atoms with van der Waals surface area (Å²) < 4.78 is 0. The lowest BCUT2D eigenvalue weighted by Crippen LogP contribution is -2.42. The summed E-state index contributed by atoms with van der Waals surface area (Å²) in [5, 5.41) is 13.4. The molecule has 3 heterocycles. The van der Waals surface area contributed by atoms with Crippen molar-refractivity contribution in [3.63, 3.8) is 0 Å².